The molecule has 5 nitrogen and oxygen atoms in total. The summed E-state index contributed by atoms with van der Waals surface area (Å²) < 4.78 is 16.3. The highest BCUT2D eigenvalue weighted by Gasteiger charge is 2.23. The maximum atomic E-state index is 13.6. The van der Waals surface area contributed by atoms with Crippen molar-refractivity contribution in [1.29, 1.82) is 0 Å². The zero-order valence-electron chi connectivity index (χ0n) is 17.8. The monoisotopic (exact) mass is 425 g/mol. The number of ether oxygens (including phenoxy) is 3. The van der Waals surface area contributed by atoms with Crippen LogP contribution in [0.5, 0.6) is 17.2 Å². The number of hydrogen-bond acceptors (Lipinski definition) is 5. The Morgan fingerprint density at radius 1 is 0.900 bits per heavy atom. The number of carbonyl (C=O) groups excluding carboxylic acids is 1. The van der Waals surface area contributed by atoms with Gasteiger partial charge in [0.15, 0.2) is 11.5 Å². The Balaban J connectivity index is 1.92. The predicted octanol–water partition coefficient (Wildman–Crippen LogP) is 4.97. The van der Waals surface area contributed by atoms with Gasteiger partial charge in [0, 0.05) is 28.4 Å². The normalized spacial score (nSPS) is 10.5. The lowest BCUT2D eigenvalue weighted by atomic mass is 10.1. The number of hydrogen-bond donors (Lipinski definition) is 0. The van der Waals surface area contributed by atoms with E-state index in [0.29, 0.717) is 35.9 Å². The molecule has 0 aliphatic rings. The smallest absolute Gasteiger partial charge is 0.258 e. The number of thiophene rings is 1. The first-order valence-electron chi connectivity index (χ1n) is 9.74. The molecule has 2 aromatic carbocycles. The number of carbonyl (C=O) groups is 1. The Labute approximate surface area is 181 Å². The Morgan fingerprint density at radius 3 is 2.17 bits per heavy atom. The van der Waals surface area contributed by atoms with Gasteiger partial charge >= 0.3 is 0 Å². The van der Waals surface area contributed by atoms with E-state index >= 15 is 0 Å². The molecular weight excluding hydrogens is 398 g/mol. The fourth-order valence-corrected chi connectivity index (χ4v) is 4.19. The lowest BCUT2D eigenvalue weighted by molar-refractivity contribution is 0.0743. The average molecular weight is 426 g/mol. The van der Waals surface area contributed by atoms with Crippen LogP contribution in [0.2, 0.25) is 0 Å². The van der Waals surface area contributed by atoms with Crippen LogP contribution in [0.1, 0.15) is 25.7 Å². The number of nitrogens with zero attached hydrogens (tertiary/aromatic N) is 1. The summed E-state index contributed by atoms with van der Waals surface area (Å²) in [6.07, 6.45) is 0.770. The minimum absolute atomic E-state index is 0.102. The Bertz CT molecular complexity index is 984. The van der Waals surface area contributed by atoms with Crippen LogP contribution >= 0.6 is 11.3 Å². The Kier molecular flexibility index (Phi) is 7.36. The molecule has 0 aliphatic heterocycles. The number of aryl methyl sites for hydroxylation is 1. The standard InChI is InChI=1S/C24H27NO4S/c1-17-10-11-19(30-17)16-25(13-12-18-8-6-5-7-9-18)24(26)20-14-22(28-3)23(29-4)15-21(20)27-2/h5-11,14-15H,12-13,16H2,1-4H3. The van der Waals surface area contributed by atoms with Crippen molar-refractivity contribution < 1.29 is 19.0 Å². The molecule has 0 radical (unpaired) electrons. The summed E-state index contributed by atoms with van der Waals surface area (Å²) in [7, 11) is 4.67. The van der Waals surface area contributed by atoms with Crippen molar-refractivity contribution in [3.63, 3.8) is 0 Å². The fraction of sp³-hybridized carbons (Fsp3) is 0.292. The third kappa shape index (κ3) is 5.13. The number of methoxy groups -OCH3 is 3. The van der Waals surface area contributed by atoms with Crippen LogP contribution < -0.4 is 14.2 Å². The maximum Gasteiger partial charge on any atom is 0.258 e. The van der Waals surface area contributed by atoms with Crippen LogP contribution in [-0.4, -0.2) is 38.7 Å². The van der Waals surface area contributed by atoms with Crippen LogP contribution in [0.3, 0.4) is 0 Å². The number of benzene rings is 2. The van der Waals surface area contributed by atoms with E-state index in [-0.39, 0.29) is 5.91 Å². The third-order valence-corrected chi connectivity index (χ3v) is 5.86. The van der Waals surface area contributed by atoms with Gasteiger partial charge in [-0.2, -0.15) is 0 Å². The van der Waals surface area contributed by atoms with Crippen molar-refractivity contribution in [3.05, 3.63) is 75.5 Å². The largest absolute Gasteiger partial charge is 0.496 e. The van der Waals surface area contributed by atoms with E-state index in [4.69, 9.17) is 14.2 Å². The highest BCUT2D eigenvalue weighted by Crippen LogP contribution is 2.35. The first-order valence-corrected chi connectivity index (χ1v) is 10.6. The molecule has 0 spiro atoms. The number of rotatable bonds is 9. The highest BCUT2D eigenvalue weighted by molar-refractivity contribution is 7.11. The van der Waals surface area contributed by atoms with E-state index in [1.54, 1.807) is 44.8 Å². The second-order valence-corrected chi connectivity index (χ2v) is 8.25. The molecule has 3 rings (SSSR count). The van der Waals surface area contributed by atoms with Crippen LogP contribution in [-0.2, 0) is 13.0 Å². The van der Waals surface area contributed by atoms with E-state index in [9.17, 15) is 4.79 Å². The molecule has 1 amide bonds. The first-order chi connectivity index (χ1) is 14.5. The predicted molar refractivity (Wildman–Crippen MR) is 120 cm³/mol. The molecule has 0 saturated carbocycles. The Morgan fingerprint density at radius 2 is 1.57 bits per heavy atom. The van der Waals surface area contributed by atoms with Crippen LogP contribution in [0, 0.1) is 6.92 Å². The molecule has 30 heavy (non-hydrogen) atoms. The van der Waals surface area contributed by atoms with E-state index in [1.807, 2.05) is 23.1 Å². The summed E-state index contributed by atoms with van der Waals surface area (Å²) in [6.45, 7) is 3.21. The molecule has 1 heterocycles. The van der Waals surface area contributed by atoms with Crippen LogP contribution in [0.25, 0.3) is 0 Å². The fourth-order valence-electron chi connectivity index (χ4n) is 3.29. The molecular formula is C24H27NO4S. The summed E-state index contributed by atoms with van der Waals surface area (Å²) in [5, 5.41) is 0. The highest BCUT2D eigenvalue weighted by atomic mass is 32.1. The minimum Gasteiger partial charge on any atom is -0.496 e. The molecule has 158 valence electrons. The topological polar surface area (TPSA) is 48.0 Å². The molecule has 3 aromatic rings. The summed E-state index contributed by atoms with van der Waals surface area (Å²) >= 11 is 1.70. The quantitative estimate of drug-likeness (QED) is 0.486. The summed E-state index contributed by atoms with van der Waals surface area (Å²) in [6, 6.07) is 17.7. The van der Waals surface area contributed by atoms with Gasteiger partial charge in [-0.15, -0.1) is 11.3 Å². The zero-order chi connectivity index (χ0) is 21.5. The average Bonchev–Trinajstić information content (AvgIpc) is 3.20. The second kappa shape index (κ2) is 10.2. The van der Waals surface area contributed by atoms with Gasteiger partial charge in [0.25, 0.3) is 5.91 Å². The molecule has 0 unspecified atom stereocenters. The summed E-state index contributed by atoms with van der Waals surface area (Å²) in [5.74, 6) is 1.38. The molecule has 0 atom stereocenters. The SMILES string of the molecule is COc1cc(OC)c(C(=O)N(CCc2ccccc2)Cc2ccc(C)s2)cc1OC. The van der Waals surface area contributed by atoms with Gasteiger partial charge in [0.1, 0.15) is 5.75 Å². The van der Waals surface area contributed by atoms with Gasteiger partial charge in [-0.3, -0.25) is 4.79 Å². The van der Waals surface area contributed by atoms with Crippen molar-refractivity contribution in [3.8, 4) is 17.2 Å². The second-order valence-electron chi connectivity index (χ2n) is 6.88. The maximum absolute atomic E-state index is 13.6. The van der Waals surface area contributed by atoms with Crippen molar-refractivity contribution in [2.45, 2.75) is 19.9 Å². The summed E-state index contributed by atoms with van der Waals surface area (Å²) in [4.78, 5) is 17.8. The van der Waals surface area contributed by atoms with Gasteiger partial charge < -0.3 is 19.1 Å². The Hall–Kier alpha value is -2.99. The zero-order valence-corrected chi connectivity index (χ0v) is 18.6. The van der Waals surface area contributed by atoms with Gasteiger partial charge in [-0.1, -0.05) is 30.3 Å². The molecule has 0 N–H and O–H groups in total. The van der Waals surface area contributed by atoms with Gasteiger partial charge in [0.05, 0.1) is 33.4 Å². The molecule has 6 heteroatoms. The molecule has 0 bridgehead atoms. The van der Waals surface area contributed by atoms with E-state index in [2.05, 4.69) is 31.2 Å². The van der Waals surface area contributed by atoms with Crippen LogP contribution in [0.15, 0.2) is 54.6 Å². The van der Waals surface area contributed by atoms with E-state index < -0.39 is 0 Å². The summed E-state index contributed by atoms with van der Waals surface area (Å²) in [5.41, 5.74) is 1.65. The van der Waals surface area contributed by atoms with E-state index in [0.717, 1.165) is 11.3 Å². The third-order valence-electron chi connectivity index (χ3n) is 4.88. The van der Waals surface area contributed by atoms with Crippen molar-refractivity contribution in [1.82, 2.24) is 4.90 Å². The lowest BCUT2D eigenvalue weighted by Gasteiger charge is -2.24. The molecule has 0 saturated heterocycles. The molecule has 1 aromatic heterocycles. The van der Waals surface area contributed by atoms with E-state index in [1.165, 1.54) is 10.4 Å². The van der Waals surface area contributed by atoms with Crippen molar-refractivity contribution in [2.24, 2.45) is 0 Å². The lowest BCUT2D eigenvalue weighted by Crippen LogP contribution is -2.32. The van der Waals surface area contributed by atoms with Crippen molar-refractivity contribution >= 4 is 17.2 Å². The molecule has 0 aliphatic carbocycles. The first kappa shape index (κ1) is 21.7. The molecule has 0 fully saturated rings. The van der Waals surface area contributed by atoms with Gasteiger partial charge in [0.2, 0.25) is 0 Å². The van der Waals surface area contributed by atoms with Crippen molar-refractivity contribution in [2.75, 3.05) is 27.9 Å². The van der Waals surface area contributed by atoms with Crippen LogP contribution in [0.4, 0.5) is 0 Å². The van der Waals surface area contributed by atoms with Gasteiger partial charge in [-0.25, -0.2) is 0 Å². The van der Waals surface area contributed by atoms with Gasteiger partial charge in [-0.05, 0) is 31.0 Å². The minimum atomic E-state index is -0.102. The number of amides is 1.